The monoisotopic (exact) mass is 320 g/mol. The molecule has 1 aliphatic heterocycles. The van der Waals surface area contributed by atoms with Crippen molar-refractivity contribution in [3.05, 3.63) is 35.9 Å². The fourth-order valence-corrected chi connectivity index (χ4v) is 3.42. The van der Waals surface area contributed by atoms with Gasteiger partial charge in [-0.2, -0.15) is 0 Å². The average Bonchev–Trinajstić information content (AvgIpc) is 2.51. The number of carbonyl (C=O) groups is 3. The molecular formula is C16H20N2O3S. The van der Waals surface area contributed by atoms with Crippen LogP contribution in [0.1, 0.15) is 19.4 Å². The normalized spacial score (nSPS) is 21.8. The summed E-state index contributed by atoms with van der Waals surface area (Å²) in [6.07, 6.45) is 0.719. The third kappa shape index (κ3) is 4.10. The Bertz CT molecular complexity index is 542. The van der Waals surface area contributed by atoms with Crippen LogP contribution in [0.5, 0.6) is 0 Å². The van der Waals surface area contributed by atoms with Gasteiger partial charge in [-0.3, -0.25) is 19.3 Å². The van der Waals surface area contributed by atoms with E-state index in [4.69, 9.17) is 0 Å². The second-order valence-corrected chi connectivity index (χ2v) is 6.96. The highest BCUT2D eigenvalue weighted by atomic mass is 32.2. The highest BCUT2D eigenvalue weighted by Crippen LogP contribution is 2.26. The Hall–Kier alpha value is -1.82. The van der Waals surface area contributed by atoms with Gasteiger partial charge in [0.05, 0.1) is 10.5 Å². The largest absolute Gasteiger partial charge is 0.354 e. The number of carbonyl (C=O) groups excluding carboxylic acids is 3. The maximum atomic E-state index is 12.0. The smallest absolute Gasteiger partial charge is 0.242 e. The van der Waals surface area contributed by atoms with Gasteiger partial charge in [0.2, 0.25) is 17.7 Å². The molecule has 1 aliphatic rings. The van der Waals surface area contributed by atoms with Gasteiger partial charge in [0.25, 0.3) is 0 Å². The van der Waals surface area contributed by atoms with Gasteiger partial charge >= 0.3 is 0 Å². The summed E-state index contributed by atoms with van der Waals surface area (Å²) in [7, 11) is 0. The van der Waals surface area contributed by atoms with Crippen LogP contribution in [0, 0.1) is 0 Å². The van der Waals surface area contributed by atoms with E-state index in [0.717, 1.165) is 16.9 Å². The summed E-state index contributed by atoms with van der Waals surface area (Å²) in [6, 6.07) is 9.82. The number of thioether (sulfide) groups is 1. The summed E-state index contributed by atoms with van der Waals surface area (Å²) in [5.74, 6) is -0.874. The molecule has 118 valence electrons. The zero-order valence-electron chi connectivity index (χ0n) is 12.7. The molecule has 1 N–H and O–H groups in total. The third-order valence-electron chi connectivity index (χ3n) is 3.52. The molecule has 2 rings (SSSR count). The van der Waals surface area contributed by atoms with E-state index in [2.05, 4.69) is 5.32 Å². The molecule has 6 heteroatoms. The van der Waals surface area contributed by atoms with E-state index in [0.29, 0.717) is 6.54 Å². The summed E-state index contributed by atoms with van der Waals surface area (Å²) in [4.78, 5) is 37.0. The lowest BCUT2D eigenvalue weighted by Crippen LogP contribution is -2.53. The van der Waals surface area contributed by atoms with Crippen LogP contribution in [-0.2, 0) is 20.8 Å². The second-order valence-electron chi connectivity index (χ2n) is 5.27. The maximum Gasteiger partial charge on any atom is 0.242 e. The molecule has 1 aromatic rings. The molecule has 5 nitrogen and oxygen atoms in total. The molecule has 0 radical (unpaired) electrons. The van der Waals surface area contributed by atoms with Crippen LogP contribution in [0.4, 0.5) is 0 Å². The van der Waals surface area contributed by atoms with E-state index < -0.39 is 0 Å². The van der Waals surface area contributed by atoms with Crippen LogP contribution >= 0.6 is 11.8 Å². The highest BCUT2D eigenvalue weighted by Gasteiger charge is 2.37. The molecular weight excluding hydrogens is 300 g/mol. The first-order valence-electron chi connectivity index (χ1n) is 7.30. The molecule has 0 aromatic heterocycles. The standard InChI is InChI=1S/C16H20N2O3S/c1-11-15(20)18(16(21)12(2)22-11)10-14(19)17-9-8-13-6-4-3-5-7-13/h3-7,11-12H,8-10H2,1-2H3,(H,17,19). The van der Waals surface area contributed by atoms with Gasteiger partial charge < -0.3 is 5.32 Å². The predicted octanol–water partition coefficient (Wildman–Crippen LogP) is 1.22. The number of nitrogens with zero attached hydrogens (tertiary/aromatic N) is 1. The van der Waals surface area contributed by atoms with E-state index in [1.807, 2.05) is 30.3 Å². The number of rotatable bonds is 5. The van der Waals surface area contributed by atoms with Gasteiger partial charge in [-0.05, 0) is 25.8 Å². The Morgan fingerprint density at radius 3 is 2.32 bits per heavy atom. The molecule has 0 aliphatic carbocycles. The number of imide groups is 1. The van der Waals surface area contributed by atoms with Crippen molar-refractivity contribution >= 4 is 29.5 Å². The second kappa shape index (κ2) is 7.45. The fourth-order valence-electron chi connectivity index (χ4n) is 2.32. The molecule has 2 atom stereocenters. The van der Waals surface area contributed by atoms with Crippen LogP contribution in [0.2, 0.25) is 0 Å². The third-order valence-corrected chi connectivity index (χ3v) is 4.74. The first-order chi connectivity index (χ1) is 10.5. The SMILES string of the molecule is CC1SC(C)C(=O)N(CC(=O)NCCc2ccccc2)C1=O. The molecule has 2 unspecified atom stereocenters. The first kappa shape index (κ1) is 16.5. The molecule has 0 saturated carbocycles. The Morgan fingerprint density at radius 2 is 1.73 bits per heavy atom. The van der Waals surface area contributed by atoms with Gasteiger partial charge in [0.1, 0.15) is 6.54 Å². The predicted molar refractivity (Wildman–Crippen MR) is 86.4 cm³/mol. The number of benzene rings is 1. The number of hydrogen-bond donors (Lipinski definition) is 1. The summed E-state index contributed by atoms with van der Waals surface area (Å²) < 4.78 is 0. The molecule has 1 fully saturated rings. The van der Waals surface area contributed by atoms with Crippen molar-refractivity contribution in [2.24, 2.45) is 0 Å². The van der Waals surface area contributed by atoms with Gasteiger partial charge in [-0.1, -0.05) is 30.3 Å². The summed E-state index contributed by atoms with van der Waals surface area (Å²) in [5.41, 5.74) is 1.13. The highest BCUT2D eigenvalue weighted by molar-refractivity contribution is 8.02. The first-order valence-corrected chi connectivity index (χ1v) is 8.24. The summed E-state index contributed by atoms with van der Waals surface area (Å²) in [6.45, 7) is 3.81. The Balaban J connectivity index is 1.83. The Kier molecular flexibility index (Phi) is 5.60. The zero-order chi connectivity index (χ0) is 16.1. The molecule has 0 bridgehead atoms. The van der Waals surface area contributed by atoms with E-state index in [-0.39, 0.29) is 34.8 Å². The number of amides is 3. The van der Waals surface area contributed by atoms with Crippen LogP contribution in [0.25, 0.3) is 0 Å². The van der Waals surface area contributed by atoms with Crippen molar-refractivity contribution in [3.63, 3.8) is 0 Å². The summed E-state index contributed by atoms with van der Waals surface area (Å²) >= 11 is 1.33. The van der Waals surface area contributed by atoms with Gasteiger partial charge in [-0.25, -0.2) is 0 Å². The minimum atomic E-state index is -0.302. The lowest BCUT2D eigenvalue weighted by Gasteiger charge is -2.31. The van der Waals surface area contributed by atoms with Gasteiger partial charge in [0.15, 0.2) is 0 Å². The summed E-state index contributed by atoms with van der Waals surface area (Å²) in [5, 5.41) is 2.18. The zero-order valence-corrected chi connectivity index (χ0v) is 13.6. The van der Waals surface area contributed by atoms with Crippen molar-refractivity contribution in [2.45, 2.75) is 30.8 Å². The van der Waals surface area contributed by atoms with E-state index in [1.165, 1.54) is 11.8 Å². The van der Waals surface area contributed by atoms with Crippen LogP contribution < -0.4 is 5.32 Å². The van der Waals surface area contributed by atoms with Crippen molar-refractivity contribution < 1.29 is 14.4 Å². The van der Waals surface area contributed by atoms with Crippen molar-refractivity contribution in [3.8, 4) is 0 Å². The molecule has 3 amide bonds. The lowest BCUT2D eigenvalue weighted by molar-refractivity contribution is -0.147. The molecule has 0 spiro atoms. The Labute approximate surface area is 134 Å². The Morgan fingerprint density at radius 1 is 1.14 bits per heavy atom. The molecule has 1 saturated heterocycles. The number of nitrogens with one attached hydrogen (secondary N) is 1. The van der Waals surface area contributed by atoms with Crippen LogP contribution in [0.15, 0.2) is 30.3 Å². The average molecular weight is 320 g/mol. The van der Waals surface area contributed by atoms with Crippen molar-refractivity contribution in [2.75, 3.05) is 13.1 Å². The van der Waals surface area contributed by atoms with Gasteiger partial charge in [0, 0.05) is 6.54 Å². The van der Waals surface area contributed by atoms with E-state index in [9.17, 15) is 14.4 Å². The fraction of sp³-hybridized carbons (Fsp3) is 0.438. The van der Waals surface area contributed by atoms with E-state index in [1.54, 1.807) is 13.8 Å². The molecule has 1 aromatic carbocycles. The van der Waals surface area contributed by atoms with E-state index >= 15 is 0 Å². The van der Waals surface area contributed by atoms with Crippen molar-refractivity contribution in [1.29, 1.82) is 0 Å². The quantitative estimate of drug-likeness (QED) is 0.829. The number of hydrogen-bond acceptors (Lipinski definition) is 4. The topological polar surface area (TPSA) is 66.5 Å². The van der Waals surface area contributed by atoms with Crippen LogP contribution in [-0.4, -0.2) is 46.2 Å². The maximum absolute atomic E-state index is 12.0. The van der Waals surface area contributed by atoms with Crippen molar-refractivity contribution in [1.82, 2.24) is 10.2 Å². The van der Waals surface area contributed by atoms with Gasteiger partial charge in [-0.15, -0.1) is 11.8 Å². The van der Waals surface area contributed by atoms with Crippen LogP contribution in [0.3, 0.4) is 0 Å². The molecule has 1 heterocycles. The minimum absolute atomic E-state index is 0.193. The lowest BCUT2D eigenvalue weighted by atomic mass is 10.1. The molecule has 22 heavy (non-hydrogen) atoms. The minimum Gasteiger partial charge on any atom is -0.354 e.